The van der Waals surface area contributed by atoms with Crippen LogP contribution in [0.4, 0.5) is 14.9 Å². The fourth-order valence-electron chi connectivity index (χ4n) is 2.97. The van der Waals surface area contributed by atoms with Gasteiger partial charge in [-0.1, -0.05) is 11.6 Å². The molecule has 2 amide bonds. The fourth-order valence-corrected chi connectivity index (χ4v) is 5.36. The lowest BCUT2D eigenvalue weighted by atomic mass is 10.1. The molecule has 13 heteroatoms. The van der Waals surface area contributed by atoms with Crippen molar-refractivity contribution in [2.75, 3.05) is 12.4 Å². The lowest BCUT2D eigenvalue weighted by Crippen LogP contribution is -2.34. The van der Waals surface area contributed by atoms with Gasteiger partial charge in [0.15, 0.2) is 0 Å². The molecule has 2 aromatic heterocycles. The van der Waals surface area contributed by atoms with Crippen LogP contribution in [0.15, 0.2) is 57.5 Å². The van der Waals surface area contributed by atoms with Gasteiger partial charge in [0.2, 0.25) is 5.43 Å². The van der Waals surface area contributed by atoms with Crippen LogP contribution < -0.4 is 20.2 Å². The van der Waals surface area contributed by atoms with E-state index in [1.165, 1.54) is 37.4 Å². The number of aromatic nitrogens is 2. The number of halogens is 2. The van der Waals surface area contributed by atoms with E-state index in [-0.39, 0.29) is 25.5 Å². The highest BCUT2D eigenvalue weighted by molar-refractivity contribution is 7.92. The van der Waals surface area contributed by atoms with Crippen molar-refractivity contribution in [2.24, 2.45) is 0 Å². The molecule has 9 nitrogen and oxygen atoms in total. The molecule has 0 spiro atoms. The summed E-state index contributed by atoms with van der Waals surface area (Å²) in [6, 6.07) is 9.78. The molecule has 2 aromatic carbocycles. The summed E-state index contributed by atoms with van der Waals surface area (Å²) in [5, 5.41) is 9.19. The van der Waals surface area contributed by atoms with Gasteiger partial charge in [0.05, 0.1) is 17.0 Å². The Bertz CT molecular complexity index is 1550. The zero-order valence-corrected chi connectivity index (χ0v) is 19.1. The Morgan fingerprint density at radius 3 is 2.64 bits per heavy atom. The Hall–Kier alpha value is -3.48. The van der Waals surface area contributed by atoms with Gasteiger partial charge in [-0.2, -0.15) is 5.10 Å². The molecule has 0 aliphatic rings. The Morgan fingerprint density at radius 2 is 1.97 bits per heavy atom. The standard InChI is InChI=1S/C20H14ClFN4O5S2/c1-31-11-3-5-13-15(9-11)24-25-18(19(13)27)12-4-2-10(8-14(12)22)23-20(28)26-33(29,30)17-7-6-16(21)32-17/h2-9H,1H3,(H,24,27)(H2,23,26,28). The summed E-state index contributed by atoms with van der Waals surface area (Å²) in [5.74, 6) is -0.316. The third kappa shape index (κ3) is 4.67. The zero-order valence-electron chi connectivity index (χ0n) is 16.7. The molecule has 0 fully saturated rings. The number of nitrogens with zero attached hydrogens (tertiary/aromatic N) is 1. The topological polar surface area (TPSA) is 130 Å². The van der Waals surface area contributed by atoms with Gasteiger partial charge in [-0.3, -0.25) is 9.89 Å². The number of thiophene rings is 1. The smallest absolute Gasteiger partial charge is 0.333 e. The second-order valence-corrected chi connectivity index (χ2v) is 10.2. The van der Waals surface area contributed by atoms with Gasteiger partial charge in [0, 0.05) is 22.7 Å². The van der Waals surface area contributed by atoms with Crippen molar-refractivity contribution in [1.82, 2.24) is 14.9 Å². The number of ether oxygens (including phenoxy) is 1. The minimum absolute atomic E-state index is 0.0323. The van der Waals surface area contributed by atoms with E-state index in [9.17, 15) is 22.4 Å². The SMILES string of the molecule is COc1ccc2c(=O)c(-c3ccc(NC(=O)NS(=O)(=O)c4ccc(Cl)s4)cc3F)n[nH]c2c1. The largest absolute Gasteiger partial charge is 0.497 e. The highest BCUT2D eigenvalue weighted by atomic mass is 35.5. The summed E-state index contributed by atoms with van der Waals surface area (Å²) in [7, 11) is -2.65. The zero-order chi connectivity index (χ0) is 23.8. The molecular weight excluding hydrogens is 495 g/mol. The third-order valence-electron chi connectivity index (χ3n) is 4.50. The predicted octanol–water partition coefficient (Wildman–Crippen LogP) is 3.96. The molecule has 0 aliphatic heterocycles. The molecule has 0 atom stereocenters. The molecule has 2 heterocycles. The molecule has 0 bridgehead atoms. The highest BCUT2D eigenvalue weighted by Gasteiger charge is 2.20. The van der Waals surface area contributed by atoms with Crippen LogP contribution in [-0.4, -0.2) is 31.8 Å². The average molecular weight is 509 g/mol. The quantitative estimate of drug-likeness (QED) is 0.374. The number of H-pyrrole nitrogens is 1. The van der Waals surface area contributed by atoms with Crippen LogP contribution in [-0.2, 0) is 10.0 Å². The summed E-state index contributed by atoms with van der Waals surface area (Å²) in [4.78, 5) is 24.9. The minimum atomic E-state index is -4.14. The molecule has 0 saturated heterocycles. The minimum Gasteiger partial charge on any atom is -0.497 e. The second kappa shape index (κ2) is 8.81. The maximum atomic E-state index is 14.8. The van der Waals surface area contributed by atoms with Crippen molar-refractivity contribution in [2.45, 2.75) is 4.21 Å². The van der Waals surface area contributed by atoms with Crippen LogP contribution in [0.3, 0.4) is 0 Å². The number of urea groups is 1. The number of carbonyl (C=O) groups is 1. The van der Waals surface area contributed by atoms with Crippen molar-refractivity contribution in [3.63, 3.8) is 0 Å². The predicted molar refractivity (Wildman–Crippen MR) is 123 cm³/mol. The first-order chi connectivity index (χ1) is 15.7. The van der Waals surface area contributed by atoms with Gasteiger partial charge in [0.1, 0.15) is 21.5 Å². The number of rotatable bonds is 5. The number of hydrogen-bond acceptors (Lipinski definition) is 7. The van der Waals surface area contributed by atoms with Crippen LogP contribution >= 0.6 is 22.9 Å². The maximum absolute atomic E-state index is 14.8. The number of aromatic amines is 1. The summed E-state index contributed by atoms with van der Waals surface area (Å²) in [6.07, 6.45) is 0. The Kier molecular flexibility index (Phi) is 6.06. The maximum Gasteiger partial charge on any atom is 0.333 e. The number of anilines is 1. The number of carbonyl (C=O) groups excluding carboxylic acids is 1. The van der Waals surface area contributed by atoms with Crippen LogP contribution in [0.5, 0.6) is 5.75 Å². The van der Waals surface area contributed by atoms with Gasteiger partial charge < -0.3 is 10.1 Å². The molecule has 3 N–H and O–H groups in total. The van der Waals surface area contributed by atoms with Crippen molar-refractivity contribution in [3.05, 3.63) is 68.9 Å². The van der Waals surface area contributed by atoms with E-state index in [0.29, 0.717) is 16.7 Å². The lowest BCUT2D eigenvalue weighted by molar-refractivity contribution is 0.256. The number of fused-ring (bicyclic) bond motifs is 1. The average Bonchev–Trinajstić information content (AvgIpc) is 3.21. The highest BCUT2D eigenvalue weighted by Crippen LogP contribution is 2.26. The van der Waals surface area contributed by atoms with Crippen molar-refractivity contribution in [1.29, 1.82) is 0 Å². The fraction of sp³-hybridized carbons (Fsp3) is 0.0500. The molecule has 33 heavy (non-hydrogen) atoms. The Labute approximate surface area is 195 Å². The molecule has 0 radical (unpaired) electrons. The van der Waals surface area contributed by atoms with E-state index in [1.807, 2.05) is 4.72 Å². The van der Waals surface area contributed by atoms with Crippen molar-refractivity contribution < 1.29 is 22.3 Å². The number of amides is 2. The van der Waals surface area contributed by atoms with Crippen molar-refractivity contribution >= 4 is 55.6 Å². The molecule has 4 rings (SSSR count). The molecule has 0 unspecified atom stereocenters. The Balaban J connectivity index is 1.57. The van der Waals surface area contributed by atoms with Crippen LogP contribution in [0.2, 0.25) is 4.34 Å². The summed E-state index contributed by atoms with van der Waals surface area (Å²) in [6.45, 7) is 0. The first-order valence-corrected chi connectivity index (χ1v) is 11.8. The first-order valence-electron chi connectivity index (χ1n) is 9.13. The molecule has 4 aromatic rings. The van der Waals surface area contributed by atoms with E-state index in [1.54, 1.807) is 12.1 Å². The van der Waals surface area contributed by atoms with Crippen LogP contribution in [0.1, 0.15) is 0 Å². The Morgan fingerprint density at radius 1 is 1.18 bits per heavy atom. The number of sulfonamides is 1. The first kappa shape index (κ1) is 22.7. The number of benzene rings is 2. The summed E-state index contributed by atoms with van der Waals surface area (Å²) >= 11 is 6.50. The third-order valence-corrected chi connectivity index (χ3v) is 7.55. The van der Waals surface area contributed by atoms with E-state index >= 15 is 0 Å². The second-order valence-electron chi connectivity index (χ2n) is 6.63. The van der Waals surface area contributed by atoms with Crippen LogP contribution in [0, 0.1) is 5.82 Å². The van der Waals surface area contributed by atoms with Crippen molar-refractivity contribution in [3.8, 4) is 17.0 Å². The van der Waals surface area contributed by atoms with Gasteiger partial charge in [-0.05, 0) is 42.5 Å². The number of hydrogen-bond donors (Lipinski definition) is 3. The molecule has 0 saturated carbocycles. The molecule has 170 valence electrons. The van der Waals surface area contributed by atoms with Gasteiger partial charge in [-0.25, -0.2) is 22.3 Å². The normalized spacial score (nSPS) is 11.4. The monoisotopic (exact) mass is 508 g/mol. The van der Waals surface area contributed by atoms with Crippen LogP contribution in [0.25, 0.3) is 22.2 Å². The van der Waals surface area contributed by atoms with Gasteiger partial charge in [-0.15, -0.1) is 11.3 Å². The molecular formula is C20H14ClFN4O5S2. The van der Waals surface area contributed by atoms with E-state index in [4.69, 9.17) is 16.3 Å². The number of methoxy groups -OCH3 is 1. The van der Waals surface area contributed by atoms with E-state index < -0.39 is 27.3 Å². The number of nitrogens with one attached hydrogen (secondary N) is 3. The van der Waals surface area contributed by atoms with Gasteiger partial charge >= 0.3 is 6.03 Å². The van der Waals surface area contributed by atoms with E-state index in [0.717, 1.165) is 17.4 Å². The summed E-state index contributed by atoms with van der Waals surface area (Å²) < 4.78 is 46.2. The lowest BCUT2D eigenvalue weighted by Gasteiger charge is -2.09. The van der Waals surface area contributed by atoms with E-state index in [2.05, 4.69) is 15.5 Å². The molecule has 0 aliphatic carbocycles. The summed E-state index contributed by atoms with van der Waals surface area (Å²) in [5.41, 5.74) is -0.356. The van der Waals surface area contributed by atoms with Gasteiger partial charge in [0.25, 0.3) is 10.0 Å².